The van der Waals surface area contributed by atoms with Crippen LogP contribution in [0.2, 0.25) is 0 Å². The van der Waals surface area contributed by atoms with Crippen molar-refractivity contribution in [2.75, 3.05) is 36.0 Å². The second-order valence-electron chi connectivity index (χ2n) is 9.13. The summed E-state index contributed by atoms with van der Waals surface area (Å²) in [7, 11) is -2.51. The molecule has 0 spiro atoms. The molecule has 2 aliphatic rings. The second-order valence-corrected chi connectivity index (χ2v) is 11.0. The average Bonchev–Trinajstić information content (AvgIpc) is 2.94. The number of hydrogen-bond acceptors (Lipinski definition) is 7. The number of ether oxygens (including phenoxy) is 3. The van der Waals surface area contributed by atoms with Gasteiger partial charge in [-0.05, 0) is 67.3 Å². The van der Waals surface area contributed by atoms with Gasteiger partial charge in [0.2, 0.25) is 6.10 Å². The first-order chi connectivity index (χ1) is 18.3. The first-order valence-corrected chi connectivity index (χ1v) is 13.7. The number of esters is 1. The zero-order valence-electron chi connectivity index (χ0n) is 21.1. The molecular weight excluding hydrogens is 508 g/mol. The van der Waals surface area contributed by atoms with Crippen LogP contribution < -0.4 is 18.7 Å². The summed E-state index contributed by atoms with van der Waals surface area (Å²) < 4.78 is 44.7. The fourth-order valence-electron chi connectivity index (χ4n) is 4.76. The summed E-state index contributed by atoms with van der Waals surface area (Å²) in [4.78, 5) is 26.8. The lowest BCUT2D eigenvalue weighted by molar-refractivity contribution is -0.148. The highest BCUT2D eigenvalue weighted by Crippen LogP contribution is 2.35. The van der Waals surface area contributed by atoms with E-state index in [1.54, 1.807) is 43.3 Å². The molecule has 9 nitrogen and oxygen atoms in total. The number of carbonyl (C=O) groups is 2. The largest absolute Gasteiger partial charge is 0.483 e. The number of fused-ring (bicyclic) bond motifs is 2. The maximum atomic E-state index is 13.5. The van der Waals surface area contributed by atoms with Gasteiger partial charge in [-0.2, -0.15) is 0 Å². The SMILES string of the molecule is COC(=O)[C@H]1CN(C(=O)COc2ccc(S(=O)(=O)N3CCCc4ccccc43)cc2C)c2ccccc2O1. The Balaban J connectivity index is 1.32. The Hall–Kier alpha value is -4.05. The minimum Gasteiger partial charge on any atom is -0.483 e. The van der Waals surface area contributed by atoms with Crippen LogP contribution in [0.3, 0.4) is 0 Å². The smallest absolute Gasteiger partial charge is 0.348 e. The molecule has 0 bridgehead atoms. The summed E-state index contributed by atoms with van der Waals surface area (Å²) in [6.45, 7) is 1.83. The van der Waals surface area contributed by atoms with E-state index >= 15 is 0 Å². The molecular formula is C28H28N2O7S. The van der Waals surface area contributed by atoms with Crippen LogP contribution in [-0.2, 0) is 30.8 Å². The van der Waals surface area contributed by atoms with Crippen molar-refractivity contribution in [1.82, 2.24) is 0 Å². The number of carbonyl (C=O) groups excluding carboxylic acids is 2. The molecule has 0 unspecified atom stereocenters. The number of hydrogen-bond donors (Lipinski definition) is 0. The normalized spacial score (nSPS) is 16.6. The van der Waals surface area contributed by atoms with Gasteiger partial charge in [0.15, 0.2) is 6.61 Å². The zero-order valence-corrected chi connectivity index (χ0v) is 21.9. The van der Waals surface area contributed by atoms with E-state index in [1.807, 2.05) is 24.3 Å². The molecule has 2 heterocycles. The molecule has 0 N–H and O–H groups in total. The Labute approximate surface area is 221 Å². The monoisotopic (exact) mass is 536 g/mol. The van der Waals surface area contributed by atoms with Crippen molar-refractivity contribution in [2.24, 2.45) is 0 Å². The third kappa shape index (κ3) is 4.79. The molecule has 3 aromatic carbocycles. The molecule has 0 saturated heterocycles. The average molecular weight is 537 g/mol. The highest BCUT2D eigenvalue weighted by atomic mass is 32.2. The number of amides is 1. The molecule has 2 aliphatic heterocycles. The number of methoxy groups -OCH3 is 1. The van der Waals surface area contributed by atoms with Gasteiger partial charge in [0, 0.05) is 6.54 Å². The zero-order chi connectivity index (χ0) is 26.9. The van der Waals surface area contributed by atoms with E-state index < -0.39 is 22.1 Å². The first-order valence-electron chi connectivity index (χ1n) is 12.3. The van der Waals surface area contributed by atoms with E-state index in [0.717, 1.165) is 18.4 Å². The molecule has 0 aromatic heterocycles. The van der Waals surface area contributed by atoms with Gasteiger partial charge in [-0.3, -0.25) is 9.10 Å². The molecule has 0 fully saturated rings. The Kier molecular flexibility index (Phi) is 6.98. The highest BCUT2D eigenvalue weighted by molar-refractivity contribution is 7.92. The molecule has 38 heavy (non-hydrogen) atoms. The Morgan fingerprint density at radius 3 is 2.53 bits per heavy atom. The predicted octanol–water partition coefficient (Wildman–Crippen LogP) is 3.48. The molecule has 0 aliphatic carbocycles. The van der Waals surface area contributed by atoms with E-state index in [9.17, 15) is 18.0 Å². The Morgan fingerprint density at radius 2 is 1.76 bits per heavy atom. The second kappa shape index (κ2) is 10.4. The maximum Gasteiger partial charge on any atom is 0.348 e. The van der Waals surface area contributed by atoms with E-state index in [0.29, 0.717) is 35.0 Å². The van der Waals surface area contributed by atoms with E-state index in [1.165, 1.54) is 22.4 Å². The van der Waals surface area contributed by atoms with Crippen molar-refractivity contribution in [1.29, 1.82) is 0 Å². The maximum absolute atomic E-state index is 13.5. The van der Waals surface area contributed by atoms with Crippen molar-refractivity contribution >= 4 is 33.3 Å². The van der Waals surface area contributed by atoms with Gasteiger partial charge >= 0.3 is 5.97 Å². The van der Waals surface area contributed by atoms with Gasteiger partial charge in [-0.25, -0.2) is 13.2 Å². The quantitative estimate of drug-likeness (QED) is 0.445. The van der Waals surface area contributed by atoms with Gasteiger partial charge in [-0.15, -0.1) is 0 Å². The Bertz CT molecular complexity index is 1490. The van der Waals surface area contributed by atoms with Gasteiger partial charge in [-0.1, -0.05) is 30.3 Å². The van der Waals surface area contributed by atoms with Crippen LogP contribution >= 0.6 is 0 Å². The number of nitrogens with zero attached hydrogens (tertiary/aromatic N) is 2. The minimum atomic E-state index is -3.77. The third-order valence-corrected chi connectivity index (χ3v) is 8.50. The number of sulfonamides is 1. The highest BCUT2D eigenvalue weighted by Gasteiger charge is 2.35. The predicted molar refractivity (Wildman–Crippen MR) is 141 cm³/mol. The van der Waals surface area contributed by atoms with Crippen molar-refractivity contribution in [3.8, 4) is 11.5 Å². The van der Waals surface area contributed by atoms with Gasteiger partial charge < -0.3 is 19.1 Å². The van der Waals surface area contributed by atoms with Crippen molar-refractivity contribution in [3.05, 3.63) is 77.9 Å². The standard InChI is InChI=1S/C28H28N2O7S/c1-19-16-21(38(33,34)30-15-7-9-20-8-3-4-10-22(20)30)13-14-24(19)36-18-27(31)29-17-26(28(32)35-2)37-25-12-6-5-11-23(25)29/h3-6,8,10-14,16,26H,7,9,15,17-18H2,1-2H3/t26-/m1/s1. The van der Waals surface area contributed by atoms with Gasteiger partial charge in [0.25, 0.3) is 15.9 Å². The molecule has 198 valence electrons. The number of para-hydroxylation sites is 3. The van der Waals surface area contributed by atoms with Crippen LogP contribution in [0.5, 0.6) is 11.5 Å². The number of aryl methyl sites for hydroxylation is 2. The van der Waals surface area contributed by atoms with Crippen molar-refractivity contribution < 1.29 is 32.2 Å². The molecule has 3 aromatic rings. The van der Waals surface area contributed by atoms with Crippen molar-refractivity contribution in [2.45, 2.75) is 30.8 Å². The minimum absolute atomic E-state index is 0.0145. The topological polar surface area (TPSA) is 102 Å². The summed E-state index contributed by atoms with van der Waals surface area (Å²) in [5.41, 5.74) is 2.83. The molecule has 5 rings (SSSR count). The van der Waals surface area contributed by atoms with Crippen molar-refractivity contribution in [3.63, 3.8) is 0 Å². The lowest BCUT2D eigenvalue weighted by atomic mass is 10.0. The fraction of sp³-hybridized carbons (Fsp3) is 0.286. The molecule has 10 heteroatoms. The van der Waals surface area contributed by atoms with Crippen LogP contribution in [-0.4, -0.2) is 53.2 Å². The molecule has 0 radical (unpaired) electrons. The lowest BCUT2D eigenvalue weighted by Crippen LogP contribution is -2.48. The molecule has 1 amide bonds. The summed E-state index contributed by atoms with van der Waals surface area (Å²) in [5.74, 6) is -0.173. The Morgan fingerprint density at radius 1 is 1.03 bits per heavy atom. The fourth-order valence-corrected chi connectivity index (χ4v) is 6.39. The van der Waals surface area contributed by atoms with Crippen LogP contribution in [0.4, 0.5) is 11.4 Å². The third-order valence-electron chi connectivity index (χ3n) is 6.69. The van der Waals surface area contributed by atoms with Gasteiger partial charge in [0.05, 0.1) is 29.9 Å². The van der Waals surface area contributed by atoms with E-state index in [-0.39, 0.29) is 24.0 Å². The number of rotatable bonds is 6. The van der Waals surface area contributed by atoms with Crippen LogP contribution in [0.25, 0.3) is 0 Å². The van der Waals surface area contributed by atoms with Crippen LogP contribution in [0, 0.1) is 6.92 Å². The van der Waals surface area contributed by atoms with E-state index in [2.05, 4.69) is 0 Å². The summed E-state index contributed by atoms with van der Waals surface area (Å²) in [6, 6.07) is 19.1. The summed E-state index contributed by atoms with van der Waals surface area (Å²) >= 11 is 0. The molecule has 1 atom stereocenters. The van der Waals surface area contributed by atoms with Gasteiger partial charge in [0.1, 0.15) is 11.5 Å². The summed E-state index contributed by atoms with van der Waals surface area (Å²) in [5, 5.41) is 0. The summed E-state index contributed by atoms with van der Waals surface area (Å²) in [6.07, 6.45) is 0.640. The van der Waals surface area contributed by atoms with Crippen LogP contribution in [0.1, 0.15) is 17.5 Å². The molecule has 0 saturated carbocycles. The number of benzene rings is 3. The lowest BCUT2D eigenvalue weighted by Gasteiger charge is -2.33. The van der Waals surface area contributed by atoms with E-state index in [4.69, 9.17) is 14.2 Å². The van der Waals surface area contributed by atoms with Crippen LogP contribution in [0.15, 0.2) is 71.6 Å². The first kappa shape index (κ1) is 25.6. The number of anilines is 2.